The van der Waals surface area contributed by atoms with Gasteiger partial charge in [0.25, 0.3) is 11.8 Å². The summed E-state index contributed by atoms with van der Waals surface area (Å²) >= 11 is 0. The zero-order valence-electron chi connectivity index (χ0n) is 17.0. The van der Waals surface area contributed by atoms with E-state index < -0.39 is 10.8 Å². The maximum absolute atomic E-state index is 12.5. The highest BCUT2D eigenvalue weighted by atomic mass is 16.6. The average Bonchev–Trinajstić information content (AvgIpc) is 3.37. The fourth-order valence-electron chi connectivity index (χ4n) is 2.76. The molecule has 2 N–H and O–H groups in total. The molecule has 0 fully saturated rings. The van der Waals surface area contributed by atoms with Crippen molar-refractivity contribution in [1.29, 1.82) is 0 Å². The number of para-hydroxylation sites is 2. The van der Waals surface area contributed by atoms with Crippen LogP contribution in [-0.2, 0) is 13.7 Å². The van der Waals surface area contributed by atoms with Gasteiger partial charge in [0.1, 0.15) is 18.1 Å². The zero-order chi connectivity index (χ0) is 22.4. The molecule has 2 heterocycles. The molecule has 2 aromatic heterocycles. The standard InChI is InChI=1S/C20H21N5O6/c1-3-10-21-20(27)18-14(11-22-24(18)2)23-19(26)17-9-8-13(31-17)12-30-16-7-5-4-6-15(16)25(28)29/h4-9,11H,3,10,12H2,1-2H3,(H,21,27)(H,23,26). The highest BCUT2D eigenvalue weighted by molar-refractivity contribution is 6.07. The van der Waals surface area contributed by atoms with E-state index in [-0.39, 0.29) is 41.1 Å². The van der Waals surface area contributed by atoms with Gasteiger partial charge in [0.2, 0.25) is 0 Å². The zero-order valence-corrected chi connectivity index (χ0v) is 17.0. The number of hydrogen-bond donors (Lipinski definition) is 2. The Labute approximate surface area is 177 Å². The van der Waals surface area contributed by atoms with Gasteiger partial charge >= 0.3 is 5.69 Å². The Hall–Kier alpha value is -4.15. The molecule has 0 saturated heterocycles. The second kappa shape index (κ2) is 9.57. The Bertz CT molecular complexity index is 1100. The lowest BCUT2D eigenvalue weighted by Gasteiger charge is -2.07. The van der Waals surface area contributed by atoms with E-state index in [0.717, 1.165) is 6.42 Å². The summed E-state index contributed by atoms with van der Waals surface area (Å²) in [6, 6.07) is 8.93. The molecule has 0 spiro atoms. The number of aryl methyl sites for hydroxylation is 1. The van der Waals surface area contributed by atoms with Gasteiger partial charge in [-0.05, 0) is 24.6 Å². The van der Waals surface area contributed by atoms with Crippen LogP contribution in [-0.4, -0.2) is 33.1 Å². The average molecular weight is 427 g/mol. The maximum Gasteiger partial charge on any atom is 0.310 e. The van der Waals surface area contributed by atoms with Crippen LogP contribution in [0.1, 0.15) is 40.1 Å². The highest BCUT2D eigenvalue weighted by Crippen LogP contribution is 2.27. The number of rotatable bonds is 9. The number of nitrogens with zero attached hydrogens (tertiary/aromatic N) is 3. The molecule has 0 bridgehead atoms. The van der Waals surface area contributed by atoms with Gasteiger partial charge in [-0.15, -0.1) is 0 Å². The Morgan fingerprint density at radius 2 is 2.00 bits per heavy atom. The number of furan rings is 1. The molecule has 0 saturated carbocycles. The number of hydrogen-bond acceptors (Lipinski definition) is 7. The molecule has 1 aromatic carbocycles. The minimum absolute atomic E-state index is 0.00932. The van der Waals surface area contributed by atoms with Crippen LogP contribution in [0.5, 0.6) is 5.75 Å². The van der Waals surface area contributed by atoms with Crippen LogP contribution in [0.25, 0.3) is 0 Å². The lowest BCUT2D eigenvalue weighted by Crippen LogP contribution is -2.27. The minimum Gasteiger partial charge on any atom is -0.479 e. The molecular formula is C20H21N5O6. The third-order valence-electron chi connectivity index (χ3n) is 4.25. The van der Waals surface area contributed by atoms with E-state index in [4.69, 9.17) is 9.15 Å². The number of anilines is 1. The molecule has 162 valence electrons. The first-order chi connectivity index (χ1) is 14.9. The fourth-order valence-corrected chi connectivity index (χ4v) is 2.76. The molecule has 2 amide bonds. The van der Waals surface area contributed by atoms with Gasteiger partial charge in [0.05, 0.1) is 16.8 Å². The molecule has 11 nitrogen and oxygen atoms in total. The van der Waals surface area contributed by atoms with E-state index in [2.05, 4.69) is 15.7 Å². The number of nitrogens with one attached hydrogen (secondary N) is 2. The van der Waals surface area contributed by atoms with Gasteiger partial charge in [0.15, 0.2) is 11.5 Å². The quantitative estimate of drug-likeness (QED) is 0.395. The molecule has 31 heavy (non-hydrogen) atoms. The number of ether oxygens (including phenoxy) is 1. The Kier molecular flexibility index (Phi) is 6.65. The topological polar surface area (TPSA) is 142 Å². The van der Waals surface area contributed by atoms with Gasteiger partial charge in [-0.2, -0.15) is 5.10 Å². The number of aromatic nitrogens is 2. The first kappa shape index (κ1) is 21.6. The number of nitro benzene ring substituents is 1. The summed E-state index contributed by atoms with van der Waals surface area (Å²) in [5, 5.41) is 20.4. The molecule has 0 aliphatic rings. The lowest BCUT2D eigenvalue weighted by atomic mass is 10.3. The summed E-state index contributed by atoms with van der Waals surface area (Å²) in [6.07, 6.45) is 2.15. The number of nitro groups is 1. The molecule has 11 heteroatoms. The van der Waals surface area contributed by atoms with Crippen molar-refractivity contribution < 1.29 is 23.7 Å². The third kappa shape index (κ3) is 5.07. The van der Waals surface area contributed by atoms with Crippen molar-refractivity contribution in [2.75, 3.05) is 11.9 Å². The second-order valence-electron chi connectivity index (χ2n) is 6.52. The Morgan fingerprint density at radius 1 is 1.23 bits per heavy atom. The normalized spacial score (nSPS) is 10.5. The van der Waals surface area contributed by atoms with Gasteiger partial charge in [-0.3, -0.25) is 24.4 Å². The van der Waals surface area contributed by atoms with Crippen molar-refractivity contribution >= 4 is 23.2 Å². The largest absolute Gasteiger partial charge is 0.479 e. The first-order valence-corrected chi connectivity index (χ1v) is 9.47. The summed E-state index contributed by atoms with van der Waals surface area (Å²) in [7, 11) is 1.60. The van der Waals surface area contributed by atoms with Gasteiger partial charge in [-0.25, -0.2) is 0 Å². The van der Waals surface area contributed by atoms with Crippen LogP contribution in [0.15, 0.2) is 47.0 Å². The van der Waals surface area contributed by atoms with E-state index in [1.54, 1.807) is 13.1 Å². The van der Waals surface area contributed by atoms with Crippen molar-refractivity contribution in [1.82, 2.24) is 15.1 Å². The van der Waals surface area contributed by atoms with Crippen molar-refractivity contribution in [3.63, 3.8) is 0 Å². The number of benzene rings is 1. The molecule has 0 aliphatic heterocycles. The van der Waals surface area contributed by atoms with Crippen molar-refractivity contribution in [2.24, 2.45) is 7.05 Å². The molecule has 3 aromatic rings. The summed E-state index contributed by atoms with van der Waals surface area (Å²) in [4.78, 5) is 35.4. The van der Waals surface area contributed by atoms with Gasteiger partial charge in [0, 0.05) is 19.7 Å². The van der Waals surface area contributed by atoms with Crippen LogP contribution in [0.2, 0.25) is 0 Å². The monoisotopic (exact) mass is 427 g/mol. The summed E-state index contributed by atoms with van der Waals surface area (Å²) < 4.78 is 12.3. The van der Waals surface area contributed by atoms with Gasteiger partial charge < -0.3 is 19.8 Å². The van der Waals surface area contributed by atoms with Crippen molar-refractivity contribution in [3.05, 3.63) is 69.9 Å². The van der Waals surface area contributed by atoms with E-state index in [1.807, 2.05) is 6.92 Å². The maximum atomic E-state index is 12.5. The predicted octanol–water partition coefficient (Wildman–Crippen LogP) is 2.89. The smallest absolute Gasteiger partial charge is 0.310 e. The molecule has 0 unspecified atom stereocenters. The highest BCUT2D eigenvalue weighted by Gasteiger charge is 2.21. The van der Waals surface area contributed by atoms with Crippen molar-refractivity contribution in [3.8, 4) is 5.75 Å². The van der Waals surface area contributed by atoms with Crippen LogP contribution in [0.4, 0.5) is 11.4 Å². The Morgan fingerprint density at radius 3 is 2.74 bits per heavy atom. The number of carbonyl (C=O) groups is 2. The second-order valence-corrected chi connectivity index (χ2v) is 6.52. The molecule has 3 rings (SSSR count). The number of amides is 2. The molecule has 0 aliphatic carbocycles. The first-order valence-electron chi connectivity index (χ1n) is 9.47. The molecule has 0 atom stereocenters. The van der Waals surface area contributed by atoms with E-state index in [9.17, 15) is 19.7 Å². The fraction of sp³-hybridized carbons (Fsp3) is 0.250. The summed E-state index contributed by atoms with van der Waals surface area (Å²) in [5.41, 5.74) is 0.293. The lowest BCUT2D eigenvalue weighted by molar-refractivity contribution is -0.386. The van der Waals surface area contributed by atoms with Crippen LogP contribution >= 0.6 is 0 Å². The molecular weight excluding hydrogens is 406 g/mol. The number of carbonyl (C=O) groups excluding carboxylic acids is 2. The summed E-state index contributed by atoms with van der Waals surface area (Å²) in [6.45, 7) is 2.33. The van der Waals surface area contributed by atoms with Crippen molar-refractivity contribution in [2.45, 2.75) is 20.0 Å². The van der Waals surface area contributed by atoms with E-state index in [1.165, 1.54) is 41.2 Å². The van der Waals surface area contributed by atoms with Crippen LogP contribution < -0.4 is 15.4 Å². The molecule has 0 radical (unpaired) electrons. The Balaban J connectivity index is 1.67. The van der Waals surface area contributed by atoms with E-state index in [0.29, 0.717) is 12.3 Å². The minimum atomic E-state index is -0.575. The van der Waals surface area contributed by atoms with Crippen LogP contribution in [0, 0.1) is 10.1 Å². The van der Waals surface area contributed by atoms with Crippen LogP contribution in [0.3, 0.4) is 0 Å². The van der Waals surface area contributed by atoms with E-state index >= 15 is 0 Å². The summed E-state index contributed by atoms with van der Waals surface area (Å²) in [5.74, 6) is -0.544. The van der Waals surface area contributed by atoms with Gasteiger partial charge in [-0.1, -0.05) is 19.1 Å². The SMILES string of the molecule is CCCNC(=O)c1c(NC(=O)c2ccc(COc3ccccc3[N+](=O)[O-])o2)cnn1C. The predicted molar refractivity (Wildman–Crippen MR) is 110 cm³/mol. The third-order valence-corrected chi connectivity index (χ3v) is 4.25.